The van der Waals surface area contributed by atoms with Crippen LogP contribution in [0.4, 0.5) is 0 Å². The predicted molar refractivity (Wildman–Crippen MR) is 66.2 cm³/mol. The highest BCUT2D eigenvalue weighted by Gasteiger charge is 2.27. The lowest BCUT2D eigenvalue weighted by Crippen LogP contribution is -2.18. The van der Waals surface area contributed by atoms with Gasteiger partial charge in [-0.2, -0.15) is 0 Å². The summed E-state index contributed by atoms with van der Waals surface area (Å²) in [4.78, 5) is 11.9. The van der Waals surface area contributed by atoms with Crippen molar-refractivity contribution < 1.29 is 9.53 Å². The van der Waals surface area contributed by atoms with E-state index >= 15 is 0 Å². The van der Waals surface area contributed by atoms with Crippen LogP contribution in [0.1, 0.15) is 65.2 Å². The summed E-state index contributed by atoms with van der Waals surface area (Å²) in [6.45, 7) is 4.35. The summed E-state index contributed by atoms with van der Waals surface area (Å²) in [5, 5.41) is 0. The Balaban J connectivity index is 2.23. The molecule has 0 aromatic carbocycles. The van der Waals surface area contributed by atoms with Crippen molar-refractivity contribution in [2.45, 2.75) is 71.3 Å². The lowest BCUT2D eigenvalue weighted by Gasteiger charge is -2.08. The topological polar surface area (TPSA) is 26.3 Å². The Morgan fingerprint density at radius 2 is 1.81 bits per heavy atom. The summed E-state index contributed by atoms with van der Waals surface area (Å²) in [5.74, 6) is 0.243. The summed E-state index contributed by atoms with van der Waals surface area (Å²) in [7, 11) is 0. The smallest absolute Gasteiger partial charge is 0.202 e. The van der Waals surface area contributed by atoms with E-state index in [1.54, 1.807) is 6.26 Å². The van der Waals surface area contributed by atoms with Gasteiger partial charge in [0.05, 0.1) is 6.26 Å². The van der Waals surface area contributed by atoms with E-state index in [0.717, 1.165) is 31.3 Å². The van der Waals surface area contributed by atoms with Gasteiger partial charge in [0.15, 0.2) is 6.10 Å². The first kappa shape index (κ1) is 13.3. The number of carbonyl (C=O) groups excluding carboxylic acids is 1. The fraction of sp³-hybridized carbons (Fsp3) is 0.786. The third-order valence-corrected chi connectivity index (χ3v) is 3.10. The van der Waals surface area contributed by atoms with E-state index in [9.17, 15) is 4.79 Å². The SMILES string of the molecule is CCCCCC1=COC(CCCCC)C1=O. The molecule has 0 aromatic rings. The minimum absolute atomic E-state index is 0.164. The van der Waals surface area contributed by atoms with Gasteiger partial charge in [0.25, 0.3) is 0 Å². The van der Waals surface area contributed by atoms with Crippen molar-refractivity contribution in [1.29, 1.82) is 0 Å². The van der Waals surface area contributed by atoms with Gasteiger partial charge in [0, 0.05) is 5.57 Å². The Kier molecular flexibility index (Phi) is 6.20. The lowest BCUT2D eigenvalue weighted by molar-refractivity contribution is -0.121. The van der Waals surface area contributed by atoms with Crippen molar-refractivity contribution in [2.24, 2.45) is 0 Å². The van der Waals surface area contributed by atoms with Gasteiger partial charge in [0.2, 0.25) is 5.78 Å². The molecule has 16 heavy (non-hydrogen) atoms. The molecule has 2 heteroatoms. The Bertz CT molecular complexity index is 243. The van der Waals surface area contributed by atoms with Crippen LogP contribution in [-0.4, -0.2) is 11.9 Å². The molecule has 2 nitrogen and oxygen atoms in total. The van der Waals surface area contributed by atoms with Crippen LogP contribution in [-0.2, 0) is 9.53 Å². The molecule has 0 N–H and O–H groups in total. The zero-order chi connectivity index (χ0) is 11.8. The van der Waals surface area contributed by atoms with Crippen molar-refractivity contribution in [3.05, 3.63) is 11.8 Å². The molecule has 1 rings (SSSR count). The Labute approximate surface area is 99.1 Å². The first-order valence-electron chi connectivity index (χ1n) is 6.68. The fourth-order valence-corrected chi connectivity index (χ4v) is 2.02. The Morgan fingerprint density at radius 1 is 1.12 bits per heavy atom. The normalized spacial score (nSPS) is 19.8. The molecule has 0 aromatic heterocycles. The van der Waals surface area contributed by atoms with E-state index in [0.29, 0.717) is 0 Å². The molecule has 1 aliphatic rings. The molecule has 0 saturated heterocycles. The van der Waals surface area contributed by atoms with Crippen molar-refractivity contribution in [2.75, 3.05) is 0 Å². The van der Waals surface area contributed by atoms with E-state index in [-0.39, 0.29) is 11.9 Å². The number of carbonyl (C=O) groups is 1. The van der Waals surface area contributed by atoms with Crippen molar-refractivity contribution >= 4 is 5.78 Å². The van der Waals surface area contributed by atoms with Gasteiger partial charge < -0.3 is 4.74 Å². The minimum Gasteiger partial charge on any atom is -0.489 e. The van der Waals surface area contributed by atoms with Gasteiger partial charge >= 0.3 is 0 Å². The van der Waals surface area contributed by atoms with E-state index in [1.165, 1.54) is 25.7 Å². The first-order valence-corrected chi connectivity index (χ1v) is 6.68. The molecule has 1 atom stereocenters. The second-order valence-electron chi connectivity index (χ2n) is 4.58. The predicted octanol–water partition coefficient (Wildman–Crippen LogP) is 4.00. The van der Waals surface area contributed by atoms with Crippen LogP contribution < -0.4 is 0 Å². The van der Waals surface area contributed by atoms with Crippen LogP contribution in [0, 0.1) is 0 Å². The number of rotatable bonds is 8. The van der Waals surface area contributed by atoms with E-state index in [1.807, 2.05) is 0 Å². The summed E-state index contributed by atoms with van der Waals surface area (Å²) < 4.78 is 5.44. The van der Waals surface area contributed by atoms with Gasteiger partial charge in [-0.25, -0.2) is 0 Å². The molecular weight excluding hydrogens is 200 g/mol. The van der Waals surface area contributed by atoms with E-state index < -0.39 is 0 Å². The second kappa shape index (κ2) is 7.48. The maximum atomic E-state index is 11.9. The number of hydrogen-bond donors (Lipinski definition) is 0. The molecule has 0 bridgehead atoms. The zero-order valence-electron chi connectivity index (χ0n) is 10.6. The number of Topliss-reactive ketones (excluding diaryl/α,β-unsaturated/α-hetero) is 1. The second-order valence-corrected chi connectivity index (χ2v) is 4.58. The molecule has 0 aliphatic carbocycles. The average molecular weight is 224 g/mol. The molecule has 1 heterocycles. The molecule has 1 unspecified atom stereocenters. The maximum Gasteiger partial charge on any atom is 0.202 e. The summed E-state index contributed by atoms with van der Waals surface area (Å²) in [5.41, 5.74) is 0.912. The molecule has 0 fully saturated rings. The number of unbranched alkanes of at least 4 members (excludes halogenated alkanes) is 4. The van der Waals surface area contributed by atoms with E-state index in [2.05, 4.69) is 13.8 Å². The molecule has 0 radical (unpaired) electrons. The third kappa shape index (κ3) is 3.99. The van der Waals surface area contributed by atoms with Gasteiger partial charge in [-0.15, -0.1) is 0 Å². The largest absolute Gasteiger partial charge is 0.489 e. The molecular formula is C14H24O2. The van der Waals surface area contributed by atoms with E-state index in [4.69, 9.17) is 4.74 Å². The maximum absolute atomic E-state index is 11.9. The highest BCUT2D eigenvalue weighted by molar-refractivity contribution is 6.00. The number of ketones is 1. The first-order chi connectivity index (χ1) is 7.79. The molecule has 0 spiro atoms. The fourth-order valence-electron chi connectivity index (χ4n) is 2.02. The average Bonchev–Trinajstić information content (AvgIpc) is 2.62. The number of ether oxygens (including phenoxy) is 1. The van der Waals surface area contributed by atoms with Crippen LogP contribution in [0.25, 0.3) is 0 Å². The monoisotopic (exact) mass is 224 g/mol. The molecule has 0 amide bonds. The summed E-state index contributed by atoms with van der Waals surface area (Å²) in [6, 6.07) is 0. The zero-order valence-corrected chi connectivity index (χ0v) is 10.6. The van der Waals surface area contributed by atoms with Crippen molar-refractivity contribution in [3.8, 4) is 0 Å². The lowest BCUT2D eigenvalue weighted by atomic mass is 10.00. The molecule has 0 saturated carbocycles. The summed E-state index contributed by atoms with van der Waals surface area (Å²) >= 11 is 0. The van der Waals surface area contributed by atoms with Crippen LogP contribution >= 0.6 is 0 Å². The van der Waals surface area contributed by atoms with Gasteiger partial charge in [-0.3, -0.25) is 4.79 Å². The molecule has 92 valence electrons. The minimum atomic E-state index is -0.164. The van der Waals surface area contributed by atoms with Crippen LogP contribution in [0.3, 0.4) is 0 Å². The highest BCUT2D eigenvalue weighted by atomic mass is 16.5. The van der Waals surface area contributed by atoms with Crippen LogP contribution in [0.5, 0.6) is 0 Å². The Hall–Kier alpha value is -0.790. The standard InChI is InChI=1S/C14H24O2/c1-3-5-7-9-12-11-16-13(14(12)15)10-8-6-4-2/h11,13H,3-10H2,1-2H3. The number of hydrogen-bond acceptors (Lipinski definition) is 2. The molecule has 1 aliphatic heterocycles. The van der Waals surface area contributed by atoms with Gasteiger partial charge in [-0.05, 0) is 25.7 Å². The van der Waals surface area contributed by atoms with Crippen molar-refractivity contribution in [1.82, 2.24) is 0 Å². The van der Waals surface area contributed by atoms with Crippen molar-refractivity contribution in [3.63, 3.8) is 0 Å². The van der Waals surface area contributed by atoms with Gasteiger partial charge in [-0.1, -0.05) is 39.5 Å². The quantitative estimate of drug-likeness (QED) is 0.582. The highest BCUT2D eigenvalue weighted by Crippen LogP contribution is 2.23. The van der Waals surface area contributed by atoms with Gasteiger partial charge in [0.1, 0.15) is 0 Å². The summed E-state index contributed by atoms with van der Waals surface area (Å²) in [6.07, 6.45) is 10.3. The van der Waals surface area contributed by atoms with Crippen LogP contribution in [0.2, 0.25) is 0 Å². The third-order valence-electron chi connectivity index (χ3n) is 3.10. The Morgan fingerprint density at radius 3 is 2.50 bits per heavy atom. The van der Waals surface area contributed by atoms with Crippen LogP contribution in [0.15, 0.2) is 11.8 Å².